The Labute approximate surface area is 101 Å². The van der Waals surface area contributed by atoms with Crippen molar-refractivity contribution in [2.24, 2.45) is 0 Å². The van der Waals surface area contributed by atoms with Gasteiger partial charge in [-0.05, 0) is 31.5 Å². The van der Waals surface area contributed by atoms with Gasteiger partial charge in [0.05, 0.1) is 12.2 Å². The van der Waals surface area contributed by atoms with Crippen molar-refractivity contribution in [2.75, 3.05) is 0 Å². The predicted octanol–water partition coefficient (Wildman–Crippen LogP) is 2.50. The summed E-state index contributed by atoms with van der Waals surface area (Å²) in [5.41, 5.74) is 3.66. The van der Waals surface area contributed by atoms with E-state index in [1.54, 1.807) is 0 Å². The largest absolute Gasteiger partial charge is 0.488 e. The van der Waals surface area contributed by atoms with Crippen LogP contribution in [0.1, 0.15) is 16.8 Å². The molecule has 0 N–H and O–H groups in total. The second kappa shape index (κ2) is 3.91. The number of aromatic nitrogens is 2. The molecule has 2 aromatic rings. The van der Waals surface area contributed by atoms with Gasteiger partial charge < -0.3 is 4.74 Å². The first-order chi connectivity index (χ1) is 8.20. The average Bonchev–Trinajstić information content (AvgIpc) is 2.84. The number of rotatable bonds is 2. The fourth-order valence-electron chi connectivity index (χ4n) is 2.32. The summed E-state index contributed by atoms with van der Waals surface area (Å²) in [6.07, 6.45) is 3.20. The maximum absolute atomic E-state index is 5.91. The summed E-state index contributed by atoms with van der Waals surface area (Å²) in [5, 5.41) is 4.39. The quantitative estimate of drug-likeness (QED) is 0.789. The number of fused-ring (bicyclic) bond motifs is 1. The first kappa shape index (κ1) is 10.4. The molecule has 0 saturated carbocycles. The van der Waals surface area contributed by atoms with Crippen LogP contribution in [0, 0.1) is 13.8 Å². The van der Waals surface area contributed by atoms with Gasteiger partial charge in [0, 0.05) is 12.6 Å². The van der Waals surface area contributed by atoms with Crippen molar-refractivity contribution < 1.29 is 4.74 Å². The Kier molecular flexibility index (Phi) is 2.39. The van der Waals surface area contributed by atoms with Crippen LogP contribution in [0.4, 0.5) is 0 Å². The highest BCUT2D eigenvalue weighted by molar-refractivity contribution is 5.40. The minimum atomic E-state index is 0.214. The zero-order valence-electron chi connectivity index (χ0n) is 10.2. The number of ether oxygens (including phenoxy) is 1. The van der Waals surface area contributed by atoms with Crippen LogP contribution in [-0.4, -0.2) is 15.9 Å². The van der Waals surface area contributed by atoms with Crippen molar-refractivity contribution in [3.8, 4) is 5.75 Å². The smallest absolute Gasteiger partial charge is 0.123 e. The number of hydrogen-bond acceptors (Lipinski definition) is 2. The Morgan fingerprint density at radius 2 is 2.24 bits per heavy atom. The molecular weight excluding hydrogens is 212 g/mol. The maximum Gasteiger partial charge on any atom is 0.123 e. The van der Waals surface area contributed by atoms with Gasteiger partial charge in [0.25, 0.3) is 0 Å². The van der Waals surface area contributed by atoms with Gasteiger partial charge in [-0.25, -0.2) is 0 Å². The van der Waals surface area contributed by atoms with E-state index in [0.717, 1.165) is 24.4 Å². The Balaban J connectivity index is 1.74. The number of benzene rings is 1. The molecule has 3 rings (SSSR count). The Hall–Kier alpha value is -1.77. The van der Waals surface area contributed by atoms with Gasteiger partial charge >= 0.3 is 0 Å². The molecule has 0 saturated heterocycles. The van der Waals surface area contributed by atoms with Crippen LogP contribution in [0.5, 0.6) is 5.75 Å². The molecule has 1 unspecified atom stereocenters. The van der Waals surface area contributed by atoms with Crippen molar-refractivity contribution in [2.45, 2.75) is 32.9 Å². The van der Waals surface area contributed by atoms with Gasteiger partial charge in [-0.3, -0.25) is 4.68 Å². The Morgan fingerprint density at radius 3 is 3.00 bits per heavy atom. The van der Waals surface area contributed by atoms with Gasteiger partial charge in [-0.15, -0.1) is 0 Å². The highest BCUT2D eigenvalue weighted by Crippen LogP contribution is 2.29. The van der Waals surface area contributed by atoms with Crippen molar-refractivity contribution >= 4 is 0 Å². The lowest BCUT2D eigenvalue weighted by Gasteiger charge is -2.10. The average molecular weight is 228 g/mol. The van der Waals surface area contributed by atoms with Crippen molar-refractivity contribution in [1.82, 2.24) is 9.78 Å². The third-order valence-electron chi connectivity index (χ3n) is 3.12. The molecule has 1 aromatic carbocycles. The number of aryl methyl sites for hydroxylation is 2. The molecule has 2 heterocycles. The van der Waals surface area contributed by atoms with Crippen molar-refractivity contribution in [3.63, 3.8) is 0 Å². The summed E-state index contributed by atoms with van der Waals surface area (Å²) < 4.78 is 7.87. The fourth-order valence-corrected chi connectivity index (χ4v) is 2.32. The first-order valence-electron chi connectivity index (χ1n) is 5.97. The van der Waals surface area contributed by atoms with Crippen LogP contribution >= 0.6 is 0 Å². The van der Waals surface area contributed by atoms with Crippen LogP contribution in [0.25, 0.3) is 0 Å². The molecule has 1 atom stereocenters. The van der Waals surface area contributed by atoms with E-state index in [1.807, 2.05) is 23.9 Å². The van der Waals surface area contributed by atoms with Crippen LogP contribution in [-0.2, 0) is 13.0 Å². The molecular formula is C14H16N2O. The van der Waals surface area contributed by atoms with Crippen LogP contribution in [0.15, 0.2) is 30.5 Å². The minimum Gasteiger partial charge on any atom is -0.488 e. The third-order valence-corrected chi connectivity index (χ3v) is 3.12. The molecule has 17 heavy (non-hydrogen) atoms. The molecule has 3 nitrogen and oxygen atoms in total. The van der Waals surface area contributed by atoms with E-state index in [4.69, 9.17) is 4.74 Å². The molecule has 0 bridgehead atoms. The molecule has 88 valence electrons. The van der Waals surface area contributed by atoms with E-state index in [9.17, 15) is 0 Å². The lowest BCUT2D eigenvalue weighted by atomic mass is 10.1. The number of hydrogen-bond donors (Lipinski definition) is 0. The minimum absolute atomic E-state index is 0.214. The van der Waals surface area contributed by atoms with Crippen LogP contribution in [0.2, 0.25) is 0 Å². The predicted molar refractivity (Wildman–Crippen MR) is 66.3 cm³/mol. The van der Waals surface area contributed by atoms with E-state index in [0.29, 0.717) is 0 Å². The van der Waals surface area contributed by atoms with E-state index in [1.165, 1.54) is 11.1 Å². The molecule has 1 aliphatic rings. The highest BCUT2D eigenvalue weighted by atomic mass is 16.5. The molecule has 0 fully saturated rings. The van der Waals surface area contributed by atoms with Crippen molar-refractivity contribution in [1.29, 1.82) is 0 Å². The Bertz CT molecular complexity index is 543. The van der Waals surface area contributed by atoms with Crippen LogP contribution < -0.4 is 4.74 Å². The van der Waals surface area contributed by atoms with Gasteiger partial charge in [-0.2, -0.15) is 5.10 Å². The van der Waals surface area contributed by atoms with Gasteiger partial charge in [0.2, 0.25) is 0 Å². The number of nitrogens with zero attached hydrogens (tertiary/aromatic N) is 2. The molecule has 0 spiro atoms. The molecule has 3 heteroatoms. The van der Waals surface area contributed by atoms with E-state index < -0.39 is 0 Å². The standard InChI is InChI=1S/C14H16N2O/c1-10-3-4-14-12(7-10)8-13(17-14)9-16-6-5-11(2)15-16/h3-7,13H,8-9H2,1-2H3. The lowest BCUT2D eigenvalue weighted by molar-refractivity contribution is 0.203. The zero-order valence-corrected chi connectivity index (χ0v) is 10.2. The molecule has 0 radical (unpaired) electrons. The molecule has 1 aliphatic heterocycles. The summed E-state index contributed by atoms with van der Waals surface area (Å²) in [4.78, 5) is 0. The highest BCUT2D eigenvalue weighted by Gasteiger charge is 2.23. The summed E-state index contributed by atoms with van der Waals surface area (Å²) in [7, 11) is 0. The van der Waals surface area contributed by atoms with Gasteiger partial charge in [0.15, 0.2) is 0 Å². The van der Waals surface area contributed by atoms with Crippen LogP contribution in [0.3, 0.4) is 0 Å². The lowest BCUT2D eigenvalue weighted by Crippen LogP contribution is -2.21. The second-order valence-electron chi connectivity index (χ2n) is 4.73. The molecule has 0 amide bonds. The Morgan fingerprint density at radius 1 is 1.35 bits per heavy atom. The third kappa shape index (κ3) is 2.05. The molecule has 1 aromatic heterocycles. The second-order valence-corrected chi connectivity index (χ2v) is 4.73. The summed E-state index contributed by atoms with van der Waals surface area (Å²) in [5.74, 6) is 1.03. The maximum atomic E-state index is 5.91. The summed E-state index contributed by atoms with van der Waals surface area (Å²) >= 11 is 0. The van der Waals surface area contributed by atoms with Gasteiger partial charge in [0.1, 0.15) is 11.9 Å². The van der Waals surface area contributed by atoms with E-state index in [-0.39, 0.29) is 6.10 Å². The van der Waals surface area contributed by atoms with Crippen molar-refractivity contribution in [3.05, 3.63) is 47.3 Å². The topological polar surface area (TPSA) is 27.1 Å². The normalized spacial score (nSPS) is 17.9. The summed E-state index contributed by atoms with van der Waals surface area (Å²) in [6.45, 7) is 4.94. The SMILES string of the molecule is Cc1ccc2c(c1)CC(Cn1ccc(C)n1)O2. The van der Waals surface area contributed by atoms with E-state index in [2.05, 4.69) is 30.2 Å². The van der Waals surface area contributed by atoms with Gasteiger partial charge in [-0.1, -0.05) is 17.7 Å². The van der Waals surface area contributed by atoms with E-state index >= 15 is 0 Å². The monoisotopic (exact) mass is 228 g/mol. The summed E-state index contributed by atoms with van der Waals surface area (Å²) in [6, 6.07) is 8.40. The first-order valence-corrected chi connectivity index (χ1v) is 5.97. The zero-order chi connectivity index (χ0) is 11.8. The molecule has 0 aliphatic carbocycles. The fraction of sp³-hybridized carbons (Fsp3) is 0.357.